The number of nitrogens with zero attached hydrogens (tertiary/aromatic N) is 1. The summed E-state index contributed by atoms with van der Waals surface area (Å²) in [5.74, 6) is -0.129. The maximum atomic E-state index is 14.7. The molecule has 1 heterocycles. The molecule has 322 valence electrons. The normalized spacial score (nSPS) is 22.0. The maximum absolute atomic E-state index is 14.7. The molecule has 1 saturated carbocycles. The van der Waals surface area contributed by atoms with E-state index in [-0.39, 0.29) is 42.9 Å². The van der Waals surface area contributed by atoms with Crippen molar-refractivity contribution < 1.29 is 47.2 Å². The topological polar surface area (TPSA) is 106 Å². The van der Waals surface area contributed by atoms with Gasteiger partial charge in [0.25, 0.3) is 0 Å². The molecule has 0 unspecified atom stereocenters. The molecule has 0 saturated heterocycles. The average molecular weight is 856 g/mol. The molecule has 3 aliphatic rings. The highest BCUT2D eigenvalue weighted by molar-refractivity contribution is 7.21. The number of hydrogen-bond acceptors (Lipinski definition) is 8. The number of ether oxygens (including phenoxy) is 3. The first kappa shape index (κ1) is 43.9. The van der Waals surface area contributed by atoms with Crippen molar-refractivity contribution in [3.63, 3.8) is 0 Å². The predicted octanol–water partition coefficient (Wildman–Crippen LogP) is 10.4. The molecule has 2 N–H and O–H groups in total. The van der Waals surface area contributed by atoms with Crippen molar-refractivity contribution in [3.05, 3.63) is 135 Å². The number of hydrogen-bond donors (Lipinski definition) is 2. The van der Waals surface area contributed by atoms with Crippen molar-refractivity contribution in [2.24, 2.45) is 5.41 Å². The summed E-state index contributed by atoms with van der Waals surface area (Å²) in [4.78, 5) is 31.4. The Morgan fingerprint density at radius 1 is 0.902 bits per heavy atom. The molecular formula is C49H52F3NO7S. The van der Waals surface area contributed by atoms with Crippen LogP contribution >= 0.6 is 11.3 Å². The highest BCUT2D eigenvalue weighted by atomic mass is 32.1. The van der Waals surface area contributed by atoms with Gasteiger partial charge in [-0.15, -0.1) is 24.5 Å². The number of aliphatic hydroxyl groups is 2. The highest BCUT2D eigenvalue weighted by Gasteiger charge is 2.57. The second kappa shape index (κ2) is 18.0. The number of fused-ring (bicyclic) bond motifs is 9. The molecule has 4 atom stereocenters. The van der Waals surface area contributed by atoms with Crippen LogP contribution in [0.15, 0.2) is 103 Å². The molecule has 1 fully saturated rings. The Morgan fingerprint density at radius 2 is 1.64 bits per heavy atom. The van der Waals surface area contributed by atoms with Crippen molar-refractivity contribution in [2.45, 2.75) is 95.7 Å². The van der Waals surface area contributed by atoms with Crippen molar-refractivity contribution in [1.29, 1.82) is 0 Å². The Balaban J connectivity index is 1.28. The zero-order chi connectivity index (χ0) is 43.5. The zero-order valence-corrected chi connectivity index (χ0v) is 35.7. The SMILES string of the molecule is COc1ccc(CC(=O)N(Cc2ccc(OC(F)(F)F)cc2)C[C@]2(O)CC[C@H]3c4ccc(cc4C(=O)c4cc5ccccc5s4)C[C@@H](O)CCC(C)=CCC[C@@]32C)cc1OC. The van der Waals surface area contributed by atoms with Crippen molar-refractivity contribution in [3.8, 4) is 17.2 Å². The third kappa shape index (κ3) is 9.82. The second-order valence-electron chi connectivity index (χ2n) is 16.7. The first-order valence-corrected chi connectivity index (χ1v) is 21.5. The minimum Gasteiger partial charge on any atom is -0.493 e. The number of benzene rings is 4. The molecule has 0 radical (unpaired) electrons. The number of carbonyl (C=O) groups excluding carboxylic acids is 2. The Bertz CT molecular complexity index is 2380. The molecule has 3 aliphatic carbocycles. The van der Waals surface area contributed by atoms with Gasteiger partial charge in [0.15, 0.2) is 11.5 Å². The zero-order valence-electron chi connectivity index (χ0n) is 34.9. The van der Waals surface area contributed by atoms with Gasteiger partial charge in [-0.3, -0.25) is 9.59 Å². The van der Waals surface area contributed by atoms with Crippen LogP contribution in [0.3, 0.4) is 0 Å². The molecular weight excluding hydrogens is 804 g/mol. The number of halogens is 3. The minimum atomic E-state index is -4.86. The third-order valence-corrected chi connectivity index (χ3v) is 13.8. The lowest BCUT2D eigenvalue weighted by molar-refractivity contribution is -0.274. The number of methoxy groups -OCH3 is 2. The monoisotopic (exact) mass is 855 g/mol. The minimum absolute atomic E-state index is 0.00713. The first-order valence-electron chi connectivity index (χ1n) is 20.6. The van der Waals surface area contributed by atoms with Gasteiger partial charge in [0.1, 0.15) is 5.75 Å². The lowest BCUT2D eigenvalue weighted by Gasteiger charge is -2.46. The summed E-state index contributed by atoms with van der Waals surface area (Å²) in [5.41, 5.74) is 2.26. The molecule has 12 heteroatoms. The van der Waals surface area contributed by atoms with E-state index in [1.165, 1.54) is 49.8 Å². The van der Waals surface area contributed by atoms with Crippen LogP contribution in [0.5, 0.6) is 17.2 Å². The Morgan fingerprint density at radius 3 is 2.36 bits per heavy atom. The van der Waals surface area contributed by atoms with Crippen LogP contribution in [0.2, 0.25) is 0 Å². The van der Waals surface area contributed by atoms with E-state index in [0.717, 1.165) is 26.8 Å². The number of carbonyl (C=O) groups is 2. The van der Waals surface area contributed by atoms with Gasteiger partial charge in [-0.1, -0.05) is 67.1 Å². The number of aliphatic hydroxyl groups excluding tert-OH is 1. The van der Waals surface area contributed by atoms with Gasteiger partial charge in [-0.2, -0.15) is 0 Å². The van der Waals surface area contributed by atoms with E-state index >= 15 is 0 Å². The summed E-state index contributed by atoms with van der Waals surface area (Å²) >= 11 is 1.44. The summed E-state index contributed by atoms with van der Waals surface area (Å²) in [6, 6.07) is 26.3. The van der Waals surface area contributed by atoms with Crippen LogP contribution in [0.25, 0.3) is 10.1 Å². The fourth-order valence-electron chi connectivity index (χ4n) is 9.27. The highest BCUT2D eigenvalue weighted by Crippen LogP contribution is 2.59. The van der Waals surface area contributed by atoms with Gasteiger partial charge in [0, 0.05) is 22.2 Å². The van der Waals surface area contributed by atoms with Crippen molar-refractivity contribution in [2.75, 3.05) is 20.8 Å². The molecule has 4 aromatic carbocycles. The molecule has 1 aromatic heterocycles. The van der Waals surface area contributed by atoms with Crippen LogP contribution < -0.4 is 14.2 Å². The van der Waals surface area contributed by atoms with E-state index in [9.17, 15) is 33.0 Å². The summed E-state index contributed by atoms with van der Waals surface area (Å²) in [6.07, 6.45) is 0.347. The van der Waals surface area contributed by atoms with E-state index in [0.29, 0.717) is 78.0 Å². The van der Waals surface area contributed by atoms with Crippen LogP contribution in [-0.2, 0) is 24.2 Å². The van der Waals surface area contributed by atoms with Crippen LogP contribution in [0.1, 0.15) is 95.8 Å². The van der Waals surface area contributed by atoms with Crippen LogP contribution in [-0.4, -0.2) is 65.6 Å². The molecule has 0 spiro atoms. The summed E-state index contributed by atoms with van der Waals surface area (Å²) in [6.45, 7) is 4.05. The third-order valence-electron chi connectivity index (χ3n) is 12.7. The maximum Gasteiger partial charge on any atom is 0.573 e. The number of allylic oxidation sites excluding steroid dienone is 2. The Kier molecular flexibility index (Phi) is 13.0. The standard InChI is InChI=1S/C49H52F3NO7S/c1-31-8-7-22-47(2)40(38-19-14-33(24-36(54)16-11-31)25-39(38)46(56)44-28-35-9-5-6-10-43(35)61-44)21-23-48(47,57)30-53(29-32-12-17-37(18-13-32)60-49(50,51)52)45(55)27-34-15-20-41(58-3)42(26-34)59-4/h5-6,8-10,12-15,17-20,25-26,28,36,40,54,57H,7,11,16,21-24,27,29-30H2,1-4H3/t36-,40-,47-,48+/m0/s1. The molecule has 5 aromatic rings. The number of alkyl halides is 3. The van der Waals surface area contributed by atoms with Crippen LogP contribution in [0, 0.1) is 5.41 Å². The number of amides is 1. The van der Waals surface area contributed by atoms with Gasteiger partial charge in [-0.25, -0.2) is 0 Å². The van der Waals surface area contributed by atoms with Crippen molar-refractivity contribution in [1.82, 2.24) is 4.90 Å². The lowest BCUT2D eigenvalue weighted by Crippen LogP contribution is -2.53. The van der Waals surface area contributed by atoms with E-state index in [4.69, 9.17) is 9.47 Å². The number of thiophene rings is 1. The Hall–Kier alpha value is -5.17. The smallest absolute Gasteiger partial charge is 0.493 e. The van der Waals surface area contributed by atoms with E-state index < -0.39 is 23.5 Å². The molecule has 61 heavy (non-hydrogen) atoms. The number of rotatable bonds is 11. The quantitative estimate of drug-likeness (QED) is 0.101. The second-order valence-corrected chi connectivity index (χ2v) is 17.8. The fourth-order valence-corrected chi connectivity index (χ4v) is 10.3. The fraction of sp³-hybridized carbons (Fsp3) is 0.388. The van der Waals surface area contributed by atoms with Gasteiger partial charge in [0.05, 0.1) is 43.8 Å². The molecule has 1 amide bonds. The number of ketones is 1. The summed E-state index contributed by atoms with van der Waals surface area (Å²) in [5, 5.41) is 25.3. The average Bonchev–Trinajstić information content (AvgIpc) is 3.77. The molecule has 8 rings (SSSR count). The molecule has 2 bridgehead atoms. The van der Waals surface area contributed by atoms with Crippen LogP contribution in [0.4, 0.5) is 13.2 Å². The van der Waals surface area contributed by atoms with Gasteiger partial charge < -0.3 is 29.3 Å². The largest absolute Gasteiger partial charge is 0.573 e. The lowest BCUT2D eigenvalue weighted by atomic mass is 9.64. The van der Waals surface area contributed by atoms with E-state index in [1.807, 2.05) is 48.5 Å². The van der Waals surface area contributed by atoms with Gasteiger partial charge in [0.2, 0.25) is 11.7 Å². The van der Waals surface area contributed by atoms with E-state index in [2.05, 4.69) is 24.7 Å². The Labute approximate surface area is 358 Å². The summed E-state index contributed by atoms with van der Waals surface area (Å²) < 4.78 is 55.1. The molecule has 0 aliphatic heterocycles. The summed E-state index contributed by atoms with van der Waals surface area (Å²) in [7, 11) is 3.03. The van der Waals surface area contributed by atoms with Gasteiger partial charge >= 0.3 is 6.36 Å². The first-order chi connectivity index (χ1) is 29.1. The predicted molar refractivity (Wildman–Crippen MR) is 230 cm³/mol. The molecule has 8 nitrogen and oxygen atoms in total. The van der Waals surface area contributed by atoms with E-state index in [1.54, 1.807) is 23.1 Å². The van der Waals surface area contributed by atoms with Crippen molar-refractivity contribution >= 4 is 33.1 Å². The van der Waals surface area contributed by atoms with Gasteiger partial charge in [-0.05, 0) is 128 Å².